The number of carbonyl (C=O) groups is 1. The molecule has 1 aliphatic heterocycles. The lowest BCUT2D eigenvalue weighted by Crippen LogP contribution is -2.53. The van der Waals surface area contributed by atoms with E-state index in [-0.39, 0.29) is 12.5 Å². The molecule has 0 spiro atoms. The summed E-state index contributed by atoms with van der Waals surface area (Å²) in [4.78, 5) is 22.7. The van der Waals surface area contributed by atoms with E-state index in [1.807, 2.05) is 0 Å². The van der Waals surface area contributed by atoms with Crippen molar-refractivity contribution >= 4 is 11.9 Å². The Hall–Kier alpha value is -1.30. The van der Waals surface area contributed by atoms with Crippen LogP contribution in [0.5, 0.6) is 0 Å². The van der Waals surface area contributed by atoms with Crippen LogP contribution in [0.1, 0.15) is 27.7 Å². The number of guanidine groups is 1. The molecule has 1 N–H and O–H groups in total. The Morgan fingerprint density at radius 2 is 1.70 bits per heavy atom. The minimum Gasteiger partial charge on any atom is -0.356 e. The fraction of sp³-hybridized carbons (Fsp3) is 0.882. The van der Waals surface area contributed by atoms with Crippen LogP contribution in [0, 0.1) is 11.8 Å². The highest BCUT2D eigenvalue weighted by Crippen LogP contribution is 2.06. The molecular formula is C17H35N5O. The van der Waals surface area contributed by atoms with Gasteiger partial charge >= 0.3 is 0 Å². The summed E-state index contributed by atoms with van der Waals surface area (Å²) in [5.74, 6) is 2.16. The molecule has 1 amide bonds. The van der Waals surface area contributed by atoms with E-state index in [0.717, 1.165) is 45.2 Å². The van der Waals surface area contributed by atoms with Gasteiger partial charge in [-0.3, -0.25) is 9.69 Å². The summed E-state index contributed by atoms with van der Waals surface area (Å²) in [5.41, 5.74) is 0. The molecule has 0 atom stereocenters. The maximum Gasteiger partial charge on any atom is 0.243 e. The van der Waals surface area contributed by atoms with Gasteiger partial charge in [0.25, 0.3) is 0 Å². The molecule has 0 aliphatic carbocycles. The average molecular weight is 326 g/mol. The highest BCUT2D eigenvalue weighted by molar-refractivity contribution is 5.84. The molecule has 0 bridgehead atoms. The Kier molecular flexibility index (Phi) is 8.37. The van der Waals surface area contributed by atoms with Gasteiger partial charge in [-0.1, -0.05) is 27.7 Å². The van der Waals surface area contributed by atoms with Gasteiger partial charge in [-0.15, -0.1) is 0 Å². The molecule has 1 saturated heterocycles. The topological polar surface area (TPSA) is 51.2 Å². The predicted molar refractivity (Wildman–Crippen MR) is 96.7 cm³/mol. The molecular weight excluding hydrogens is 290 g/mol. The first-order valence-corrected chi connectivity index (χ1v) is 8.75. The zero-order chi connectivity index (χ0) is 17.4. The fourth-order valence-corrected chi connectivity index (χ4v) is 2.51. The molecule has 0 unspecified atom stereocenters. The molecule has 1 rings (SSSR count). The smallest absolute Gasteiger partial charge is 0.243 e. The van der Waals surface area contributed by atoms with Crippen LogP contribution in [0.4, 0.5) is 0 Å². The first-order chi connectivity index (χ1) is 10.8. The van der Waals surface area contributed by atoms with E-state index in [2.05, 4.69) is 47.8 Å². The van der Waals surface area contributed by atoms with Crippen LogP contribution in [0.3, 0.4) is 0 Å². The van der Waals surface area contributed by atoms with Gasteiger partial charge in [0.2, 0.25) is 5.91 Å². The van der Waals surface area contributed by atoms with Crippen LogP contribution >= 0.6 is 0 Å². The lowest BCUT2D eigenvalue weighted by Gasteiger charge is -2.37. The normalized spacial score (nSPS) is 17.0. The summed E-state index contributed by atoms with van der Waals surface area (Å²) in [7, 11) is 3.54. The summed E-state index contributed by atoms with van der Waals surface area (Å²) < 4.78 is 0. The SMILES string of the molecule is CC(C)CNC(=NCC(=O)N(C)C)N1CCN(CC(C)C)CC1. The third kappa shape index (κ3) is 7.68. The average Bonchev–Trinajstić information content (AvgIpc) is 2.47. The number of likely N-dealkylation sites (N-methyl/N-ethyl adjacent to an activating group) is 1. The van der Waals surface area contributed by atoms with Gasteiger partial charge in [-0.2, -0.15) is 0 Å². The Bertz CT molecular complexity index is 384. The van der Waals surface area contributed by atoms with Crippen molar-refractivity contribution in [2.24, 2.45) is 16.8 Å². The lowest BCUT2D eigenvalue weighted by atomic mass is 10.2. The number of hydrogen-bond donors (Lipinski definition) is 1. The number of nitrogens with zero attached hydrogens (tertiary/aromatic N) is 4. The van der Waals surface area contributed by atoms with Crippen molar-refractivity contribution in [3.63, 3.8) is 0 Å². The molecule has 1 aliphatic rings. The molecule has 23 heavy (non-hydrogen) atoms. The van der Waals surface area contributed by atoms with Gasteiger partial charge in [0.05, 0.1) is 0 Å². The highest BCUT2D eigenvalue weighted by atomic mass is 16.2. The Balaban J connectivity index is 2.62. The van der Waals surface area contributed by atoms with E-state index in [1.165, 1.54) is 0 Å². The Morgan fingerprint density at radius 1 is 1.09 bits per heavy atom. The summed E-state index contributed by atoms with van der Waals surface area (Å²) in [6, 6.07) is 0. The molecule has 6 nitrogen and oxygen atoms in total. The lowest BCUT2D eigenvalue weighted by molar-refractivity contribution is -0.127. The van der Waals surface area contributed by atoms with E-state index < -0.39 is 0 Å². The third-order valence-corrected chi connectivity index (χ3v) is 3.83. The number of piperazine rings is 1. The molecule has 0 aromatic rings. The molecule has 0 aromatic carbocycles. The number of aliphatic imine (C=N–C) groups is 1. The number of amides is 1. The summed E-state index contributed by atoms with van der Waals surface area (Å²) in [5, 5.41) is 3.43. The van der Waals surface area contributed by atoms with Crippen molar-refractivity contribution in [3.8, 4) is 0 Å². The molecule has 0 saturated carbocycles. The standard InChI is InChI=1S/C17H35N5O/c1-14(2)11-18-17(19-12-16(23)20(5)6)22-9-7-21(8-10-22)13-15(3)4/h14-15H,7-13H2,1-6H3,(H,18,19). The number of rotatable bonds is 6. The van der Waals surface area contributed by atoms with Gasteiger partial charge in [0.15, 0.2) is 5.96 Å². The van der Waals surface area contributed by atoms with Crippen molar-refractivity contribution in [1.29, 1.82) is 0 Å². The van der Waals surface area contributed by atoms with E-state index in [4.69, 9.17) is 0 Å². The molecule has 1 fully saturated rings. The van der Waals surface area contributed by atoms with Crippen molar-refractivity contribution in [2.75, 3.05) is 59.9 Å². The fourth-order valence-electron chi connectivity index (χ4n) is 2.51. The van der Waals surface area contributed by atoms with E-state index in [0.29, 0.717) is 11.8 Å². The van der Waals surface area contributed by atoms with Crippen LogP contribution < -0.4 is 5.32 Å². The molecule has 0 radical (unpaired) electrons. The van der Waals surface area contributed by atoms with Crippen molar-refractivity contribution in [2.45, 2.75) is 27.7 Å². The molecule has 134 valence electrons. The minimum atomic E-state index is 0.0345. The van der Waals surface area contributed by atoms with Crippen LogP contribution in [-0.4, -0.2) is 86.5 Å². The van der Waals surface area contributed by atoms with Gasteiger partial charge in [0.1, 0.15) is 6.54 Å². The van der Waals surface area contributed by atoms with E-state index >= 15 is 0 Å². The van der Waals surface area contributed by atoms with Crippen LogP contribution in [0.2, 0.25) is 0 Å². The molecule has 0 aromatic heterocycles. The predicted octanol–water partition coefficient (Wildman–Crippen LogP) is 0.950. The third-order valence-electron chi connectivity index (χ3n) is 3.83. The first-order valence-electron chi connectivity index (χ1n) is 8.75. The second-order valence-corrected chi connectivity index (χ2v) is 7.38. The summed E-state index contributed by atoms with van der Waals surface area (Å²) >= 11 is 0. The van der Waals surface area contributed by atoms with Crippen molar-refractivity contribution in [1.82, 2.24) is 20.0 Å². The van der Waals surface area contributed by atoms with Gasteiger partial charge < -0.3 is 15.1 Å². The van der Waals surface area contributed by atoms with Gasteiger partial charge in [-0.25, -0.2) is 4.99 Å². The number of nitrogens with one attached hydrogen (secondary N) is 1. The van der Waals surface area contributed by atoms with E-state index in [1.54, 1.807) is 19.0 Å². The monoisotopic (exact) mass is 325 g/mol. The Labute approximate surface area is 141 Å². The minimum absolute atomic E-state index is 0.0345. The summed E-state index contributed by atoms with van der Waals surface area (Å²) in [6.07, 6.45) is 0. The second kappa shape index (κ2) is 9.75. The van der Waals surface area contributed by atoms with Crippen LogP contribution in [-0.2, 0) is 4.79 Å². The quantitative estimate of drug-likeness (QED) is 0.583. The van der Waals surface area contributed by atoms with Crippen molar-refractivity contribution < 1.29 is 4.79 Å². The largest absolute Gasteiger partial charge is 0.356 e. The van der Waals surface area contributed by atoms with Crippen LogP contribution in [0.25, 0.3) is 0 Å². The van der Waals surface area contributed by atoms with Crippen LogP contribution in [0.15, 0.2) is 4.99 Å². The van der Waals surface area contributed by atoms with Crippen molar-refractivity contribution in [3.05, 3.63) is 0 Å². The van der Waals surface area contributed by atoms with Gasteiger partial charge in [0, 0.05) is 53.4 Å². The first kappa shape index (κ1) is 19.7. The maximum absolute atomic E-state index is 11.8. The Morgan fingerprint density at radius 3 is 2.17 bits per heavy atom. The summed E-state index contributed by atoms with van der Waals surface area (Å²) in [6.45, 7) is 15.2. The number of hydrogen-bond acceptors (Lipinski definition) is 3. The highest BCUT2D eigenvalue weighted by Gasteiger charge is 2.20. The number of carbonyl (C=O) groups excluding carboxylic acids is 1. The zero-order valence-electron chi connectivity index (χ0n) is 15.8. The molecule has 1 heterocycles. The zero-order valence-corrected chi connectivity index (χ0v) is 15.8. The van der Waals surface area contributed by atoms with Gasteiger partial charge in [-0.05, 0) is 11.8 Å². The molecule has 6 heteroatoms. The second-order valence-electron chi connectivity index (χ2n) is 7.38. The maximum atomic E-state index is 11.8. The van der Waals surface area contributed by atoms with E-state index in [9.17, 15) is 4.79 Å².